The molecule has 1 N–H and O–H groups in total. The average molecular weight is 476 g/mol. The molecular formula is C27H26ClN3O3. The maximum atomic E-state index is 13.7. The molecule has 2 aliphatic rings. The number of aryl methyl sites for hydroxylation is 2. The molecule has 6 nitrogen and oxygen atoms in total. The Kier molecular flexibility index (Phi) is 5.88. The lowest BCUT2D eigenvalue weighted by Crippen LogP contribution is -2.40. The SMILES string of the molecule is Cc1ccccc1C(=O)Nc1cc(C)c(C(=O)N2CCCC3(CCO3)c3cc(Cl)ccc32)cn1. The third kappa shape index (κ3) is 3.97. The van der Waals surface area contributed by atoms with Crippen LogP contribution in [0.1, 0.15) is 56.7 Å². The van der Waals surface area contributed by atoms with Gasteiger partial charge in [0.15, 0.2) is 0 Å². The quantitative estimate of drug-likeness (QED) is 0.530. The largest absolute Gasteiger partial charge is 0.370 e. The van der Waals surface area contributed by atoms with Crippen LogP contribution < -0.4 is 10.2 Å². The van der Waals surface area contributed by atoms with Crippen molar-refractivity contribution >= 4 is 34.9 Å². The van der Waals surface area contributed by atoms with Crippen LogP contribution in [0, 0.1) is 13.8 Å². The van der Waals surface area contributed by atoms with Crippen LogP contribution in [0.2, 0.25) is 5.02 Å². The summed E-state index contributed by atoms with van der Waals surface area (Å²) in [7, 11) is 0. The highest BCUT2D eigenvalue weighted by Gasteiger charge is 2.44. The Morgan fingerprint density at radius 1 is 1.06 bits per heavy atom. The highest BCUT2D eigenvalue weighted by Crippen LogP contribution is 2.48. The first-order valence-electron chi connectivity index (χ1n) is 11.5. The van der Waals surface area contributed by atoms with Crippen molar-refractivity contribution < 1.29 is 14.3 Å². The summed E-state index contributed by atoms with van der Waals surface area (Å²) in [5.41, 5.74) is 4.18. The Labute approximate surface area is 203 Å². The molecule has 1 unspecified atom stereocenters. The summed E-state index contributed by atoms with van der Waals surface area (Å²) in [4.78, 5) is 32.5. The fourth-order valence-corrected chi connectivity index (χ4v) is 5.03. The first-order valence-corrected chi connectivity index (χ1v) is 11.9. The van der Waals surface area contributed by atoms with Crippen molar-refractivity contribution in [2.24, 2.45) is 0 Å². The first kappa shape index (κ1) is 22.6. The van der Waals surface area contributed by atoms with Crippen molar-refractivity contribution in [3.63, 3.8) is 0 Å². The van der Waals surface area contributed by atoms with Crippen LogP contribution in [0.25, 0.3) is 0 Å². The predicted octanol–water partition coefficient (Wildman–Crippen LogP) is 5.66. The van der Waals surface area contributed by atoms with Crippen molar-refractivity contribution in [3.8, 4) is 0 Å². The maximum Gasteiger partial charge on any atom is 0.260 e. The standard InChI is InChI=1S/C27H26ClN3O3/c1-17-6-3-4-7-20(17)25(32)30-24-14-18(2)21(16-29-24)26(33)31-12-5-10-27(11-13-34-27)22-15-19(28)8-9-23(22)31/h3-4,6-9,14-16H,5,10-13H2,1-2H3,(H,29,30,32). The summed E-state index contributed by atoms with van der Waals surface area (Å²) in [6, 6.07) is 14.8. The van der Waals surface area contributed by atoms with Crippen molar-refractivity contribution in [1.29, 1.82) is 0 Å². The van der Waals surface area contributed by atoms with Crippen LogP contribution in [0.3, 0.4) is 0 Å². The lowest BCUT2D eigenvalue weighted by atomic mass is 9.82. The summed E-state index contributed by atoms with van der Waals surface area (Å²) >= 11 is 6.32. The number of aromatic nitrogens is 1. The Bertz CT molecular complexity index is 1290. The summed E-state index contributed by atoms with van der Waals surface area (Å²) in [6.45, 7) is 5.05. The van der Waals surface area contributed by atoms with Gasteiger partial charge in [0.2, 0.25) is 0 Å². The minimum atomic E-state index is -0.355. The Hall–Kier alpha value is -3.22. The normalized spacial score (nSPS) is 19.2. The molecule has 1 fully saturated rings. The molecule has 2 aliphatic heterocycles. The molecule has 7 heteroatoms. The number of carbonyl (C=O) groups is 2. The minimum absolute atomic E-state index is 0.123. The number of carbonyl (C=O) groups excluding carboxylic acids is 2. The third-order valence-corrected chi connectivity index (χ3v) is 7.04. The van der Waals surface area contributed by atoms with Gasteiger partial charge >= 0.3 is 0 Å². The van der Waals surface area contributed by atoms with Crippen molar-refractivity contribution in [3.05, 3.63) is 87.6 Å². The molecule has 34 heavy (non-hydrogen) atoms. The van der Waals surface area contributed by atoms with E-state index in [-0.39, 0.29) is 17.4 Å². The van der Waals surface area contributed by atoms with Gasteiger partial charge in [0, 0.05) is 35.3 Å². The van der Waals surface area contributed by atoms with Gasteiger partial charge in [-0.1, -0.05) is 29.8 Å². The Morgan fingerprint density at radius 2 is 1.85 bits per heavy atom. The van der Waals surface area contributed by atoms with Gasteiger partial charge in [-0.3, -0.25) is 9.59 Å². The van der Waals surface area contributed by atoms with Crippen molar-refractivity contribution in [1.82, 2.24) is 4.98 Å². The zero-order chi connectivity index (χ0) is 23.9. The Morgan fingerprint density at radius 3 is 2.56 bits per heavy atom. The van der Waals surface area contributed by atoms with Gasteiger partial charge in [-0.25, -0.2) is 4.98 Å². The Balaban J connectivity index is 1.42. The van der Waals surface area contributed by atoms with E-state index < -0.39 is 0 Å². The zero-order valence-corrected chi connectivity index (χ0v) is 20.0. The van der Waals surface area contributed by atoms with Gasteiger partial charge in [-0.2, -0.15) is 0 Å². The molecule has 1 spiro atoms. The number of hydrogen-bond acceptors (Lipinski definition) is 4. The van der Waals surface area contributed by atoms with E-state index in [2.05, 4.69) is 10.3 Å². The molecule has 1 saturated heterocycles. The van der Waals surface area contributed by atoms with E-state index >= 15 is 0 Å². The number of pyridine rings is 1. The lowest BCUT2D eigenvalue weighted by molar-refractivity contribution is -0.157. The van der Waals surface area contributed by atoms with Crippen molar-refractivity contribution in [2.75, 3.05) is 23.4 Å². The van der Waals surface area contributed by atoms with E-state index in [0.29, 0.717) is 28.5 Å². The number of ether oxygens (including phenoxy) is 1. The molecule has 1 aromatic heterocycles. The number of halogens is 1. The van der Waals surface area contributed by atoms with Crippen molar-refractivity contribution in [2.45, 2.75) is 38.7 Å². The van der Waals surface area contributed by atoms with Gasteiger partial charge in [-0.15, -0.1) is 0 Å². The number of nitrogens with one attached hydrogen (secondary N) is 1. The monoisotopic (exact) mass is 475 g/mol. The van der Waals surface area contributed by atoms with E-state index in [9.17, 15) is 9.59 Å². The second-order valence-electron chi connectivity index (χ2n) is 8.97. The predicted molar refractivity (Wildman–Crippen MR) is 133 cm³/mol. The van der Waals surface area contributed by atoms with E-state index in [1.807, 2.05) is 50.2 Å². The minimum Gasteiger partial charge on any atom is -0.370 e. The molecule has 174 valence electrons. The number of fused-ring (bicyclic) bond motifs is 2. The molecule has 2 aromatic carbocycles. The fraction of sp³-hybridized carbons (Fsp3) is 0.296. The summed E-state index contributed by atoms with van der Waals surface area (Å²) in [5, 5.41) is 3.47. The number of nitrogens with zero attached hydrogens (tertiary/aromatic N) is 2. The highest BCUT2D eigenvalue weighted by atomic mass is 35.5. The number of anilines is 2. The first-order chi connectivity index (χ1) is 16.4. The van der Waals surface area contributed by atoms with Gasteiger partial charge in [0.1, 0.15) is 5.82 Å². The smallest absolute Gasteiger partial charge is 0.260 e. The molecule has 3 heterocycles. The van der Waals surface area contributed by atoms with Crippen LogP contribution in [0.5, 0.6) is 0 Å². The van der Waals surface area contributed by atoms with Gasteiger partial charge in [0.05, 0.1) is 23.5 Å². The van der Waals surface area contributed by atoms with Crippen LogP contribution in [-0.4, -0.2) is 29.9 Å². The summed E-state index contributed by atoms with van der Waals surface area (Å²) < 4.78 is 6.03. The third-order valence-electron chi connectivity index (χ3n) is 6.80. The molecule has 0 saturated carbocycles. The number of hydrogen-bond donors (Lipinski definition) is 1. The van der Waals surface area contributed by atoms with Gasteiger partial charge in [-0.05, 0) is 68.1 Å². The van der Waals surface area contributed by atoms with E-state index in [1.165, 1.54) is 0 Å². The van der Waals surface area contributed by atoms with Crippen LogP contribution in [0.15, 0.2) is 54.7 Å². The van der Waals surface area contributed by atoms with Crippen LogP contribution in [0.4, 0.5) is 11.5 Å². The molecule has 0 radical (unpaired) electrons. The average Bonchev–Trinajstić information content (AvgIpc) is 2.96. The fourth-order valence-electron chi connectivity index (χ4n) is 4.86. The number of benzene rings is 2. The van der Waals surface area contributed by atoms with Gasteiger partial charge in [0.25, 0.3) is 11.8 Å². The molecule has 0 aliphatic carbocycles. The van der Waals surface area contributed by atoms with Crippen LogP contribution in [-0.2, 0) is 10.3 Å². The lowest BCUT2D eigenvalue weighted by Gasteiger charge is -2.42. The van der Waals surface area contributed by atoms with Gasteiger partial charge < -0.3 is 15.0 Å². The second-order valence-corrected chi connectivity index (χ2v) is 9.40. The molecule has 1 atom stereocenters. The molecule has 3 aromatic rings. The van der Waals surface area contributed by atoms with E-state index in [0.717, 1.165) is 48.2 Å². The number of amides is 2. The molecule has 5 rings (SSSR count). The molecule has 2 amide bonds. The second kappa shape index (κ2) is 8.85. The molecular weight excluding hydrogens is 450 g/mol. The zero-order valence-electron chi connectivity index (χ0n) is 19.2. The number of rotatable bonds is 3. The topological polar surface area (TPSA) is 71.5 Å². The maximum absolute atomic E-state index is 13.7. The molecule has 0 bridgehead atoms. The van der Waals surface area contributed by atoms with E-state index in [1.54, 1.807) is 23.2 Å². The van der Waals surface area contributed by atoms with Crippen LogP contribution >= 0.6 is 11.6 Å². The highest BCUT2D eigenvalue weighted by molar-refractivity contribution is 6.30. The summed E-state index contributed by atoms with van der Waals surface area (Å²) in [5.74, 6) is 0.0575. The van der Waals surface area contributed by atoms with E-state index in [4.69, 9.17) is 16.3 Å². The summed E-state index contributed by atoms with van der Waals surface area (Å²) in [6.07, 6.45) is 4.15.